The predicted molar refractivity (Wildman–Crippen MR) is 169 cm³/mol. The molecule has 0 saturated heterocycles. The third kappa shape index (κ3) is 17.3. The van der Waals surface area contributed by atoms with Crippen LogP contribution in [-0.2, 0) is 4.79 Å². The monoisotopic (exact) mass is 550 g/mol. The average molecular weight is 550 g/mol. The largest absolute Gasteiger partial charge is 0.860 e. The maximum Gasteiger partial charge on any atom is 0.247 e. The van der Waals surface area contributed by atoms with Gasteiger partial charge in [-0.2, -0.15) is 0 Å². The molecule has 4 unspecified atom stereocenters. The number of unbranched alkanes of at least 4 members (excludes halogenated alkanes) is 4. The molecule has 0 radical (unpaired) electrons. The van der Waals surface area contributed by atoms with Crippen LogP contribution in [0.5, 0.6) is 0 Å². The van der Waals surface area contributed by atoms with Gasteiger partial charge < -0.3 is 14.9 Å². The summed E-state index contributed by atoms with van der Waals surface area (Å²) in [5, 5.41) is 13.8. The molecule has 0 aliphatic carbocycles. The molecule has 0 saturated carbocycles. The van der Waals surface area contributed by atoms with E-state index in [1.165, 1.54) is 57.4 Å². The zero-order valence-corrected chi connectivity index (χ0v) is 27.7. The summed E-state index contributed by atoms with van der Waals surface area (Å²) in [5.74, 6) is 1.92. The van der Waals surface area contributed by atoms with Gasteiger partial charge >= 0.3 is 0 Å². The molecule has 0 aromatic rings. The van der Waals surface area contributed by atoms with Crippen LogP contribution in [-0.4, -0.2) is 41.9 Å². The molecule has 0 aromatic heterocycles. The Morgan fingerprint density at radius 3 is 1.08 bits per heavy atom. The lowest BCUT2D eigenvalue weighted by Crippen LogP contribution is -2.41. The van der Waals surface area contributed by atoms with Crippen molar-refractivity contribution in [3.05, 3.63) is 12.0 Å². The molecule has 39 heavy (non-hydrogen) atoms. The Morgan fingerprint density at radius 1 is 0.538 bits per heavy atom. The quantitative estimate of drug-likeness (QED) is 0.0798. The van der Waals surface area contributed by atoms with Gasteiger partial charge in [0.15, 0.2) is 0 Å². The first kappa shape index (κ1) is 37.8. The van der Waals surface area contributed by atoms with Crippen LogP contribution in [0.2, 0.25) is 0 Å². The molecular formula is C35H69N2O2-. The van der Waals surface area contributed by atoms with E-state index < -0.39 is 0 Å². The van der Waals surface area contributed by atoms with E-state index in [9.17, 15) is 9.90 Å². The van der Waals surface area contributed by atoms with Gasteiger partial charge in [-0.15, -0.1) is 0 Å². The predicted octanol–water partition coefficient (Wildman–Crippen LogP) is 9.18. The molecule has 4 nitrogen and oxygen atoms in total. The smallest absolute Gasteiger partial charge is 0.247 e. The molecule has 0 heterocycles. The van der Waals surface area contributed by atoms with Gasteiger partial charge in [-0.1, -0.05) is 132 Å². The van der Waals surface area contributed by atoms with E-state index in [0.717, 1.165) is 77.5 Å². The number of carbonyl (C=O) groups excluding carboxylic acids is 1. The highest BCUT2D eigenvalue weighted by atomic mass is 16.3. The second-order valence-corrected chi connectivity index (χ2v) is 12.3. The molecular weight excluding hydrogens is 480 g/mol. The third-order valence-corrected chi connectivity index (χ3v) is 8.96. The molecule has 232 valence electrons. The van der Waals surface area contributed by atoms with Gasteiger partial charge in [0.1, 0.15) is 0 Å². The minimum Gasteiger partial charge on any atom is -0.860 e. The molecule has 0 aromatic carbocycles. The van der Waals surface area contributed by atoms with Gasteiger partial charge in [0.2, 0.25) is 5.91 Å². The highest BCUT2D eigenvalue weighted by Gasteiger charge is 2.22. The summed E-state index contributed by atoms with van der Waals surface area (Å²) >= 11 is 0. The SMILES string of the molecule is CCCCC(CC)CN(CC(CC)CCCC)C(=O)/C=C(\[O-])N(CC(CC)CCCC)CC(CC)CCCC. The van der Waals surface area contributed by atoms with Gasteiger partial charge in [0.05, 0.1) is 0 Å². The van der Waals surface area contributed by atoms with Crippen LogP contribution in [0.25, 0.3) is 0 Å². The van der Waals surface area contributed by atoms with Crippen LogP contribution in [0, 0.1) is 23.7 Å². The van der Waals surface area contributed by atoms with Crippen molar-refractivity contribution >= 4 is 5.91 Å². The summed E-state index contributed by atoms with van der Waals surface area (Å²) < 4.78 is 0. The molecule has 0 aliphatic heterocycles. The van der Waals surface area contributed by atoms with E-state index in [1.807, 2.05) is 9.80 Å². The number of hydrogen-bond donors (Lipinski definition) is 0. The second-order valence-electron chi connectivity index (χ2n) is 12.3. The van der Waals surface area contributed by atoms with Crippen LogP contribution in [0.3, 0.4) is 0 Å². The number of nitrogens with zero attached hydrogens (tertiary/aromatic N) is 2. The zero-order valence-electron chi connectivity index (χ0n) is 27.7. The fourth-order valence-electron chi connectivity index (χ4n) is 5.71. The van der Waals surface area contributed by atoms with E-state index in [4.69, 9.17) is 0 Å². The van der Waals surface area contributed by atoms with Crippen molar-refractivity contribution in [3.63, 3.8) is 0 Å². The molecule has 0 N–H and O–H groups in total. The lowest BCUT2D eigenvalue weighted by atomic mass is 9.95. The van der Waals surface area contributed by atoms with Gasteiger partial charge in [-0.25, -0.2) is 0 Å². The van der Waals surface area contributed by atoms with Crippen molar-refractivity contribution in [2.24, 2.45) is 23.7 Å². The standard InChI is InChI=1S/C35H70N2O2/c1-9-17-21-30(13-5)26-36(27-31(14-6)22-18-10-2)34(38)25-35(39)37(28-32(15-7)23-19-11-3)29-33(16-8)24-20-12-4/h25,30-33,38H,9-24,26-29H2,1-8H3/p-1/b34-25-. The number of hydrogen-bond acceptors (Lipinski definition) is 3. The van der Waals surface area contributed by atoms with Gasteiger partial charge in [0, 0.05) is 32.3 Å². The number of amides is 1. The minimum atomic E-state index is -0.0573. The van der Waals surface area contributed by atoms with Gasteiger partial charge in [0.25, 0.3) is 0 Å². The maximum absolute atomic E-state index is 13.8. The molecule has 1 amide bonds. The Balaban J connectivity index is 6.00. The Kier molecular flexibility index (Phi) is 23.8. The van der Waals surface area contributed by atoms with Crippen LogP contribution >= 0.6 is 0 Å². The highest BCUT2D eigenvalue weighted by molar-refractivity contribution is 5.87. The maximum atomic E-state index is 13.8. The van der Waals surface area contributed by atoms with Crippen molar-refractivity contribution in [2.75, 3.05) is 26.2 Å². The van der Waals surface area contributed by atoms with Crippen LogP contribution in [0.4, 0.5) is 0 Å². The first-order chi connectivity index (χ1) is 18.8. The molecule has 4 atom stereocenters. The van der Waals surface area contributed by atoms with Crippen LogP contribution in [0.15, 0.2) is 12.0 Å². The number of rotatable bonds is 26. The summed E-state index contributed by atoms with van der Waals surface area (Å²) in [6, 6.07) is 0. The van der Waals surface area contributed by atoms with Gasteiger partial charge in [-0.3, -0.25) is 4.79 Å². The van der Waals surface area contributed by atoms with E-state index >= 15 is 0 Å². The first-order valence-corrected chi connectivity index (χ1v) is 17.3. The lowest BCUT2D eigenvalue weighted by Gasteiger charge is -2.37. The normalized spacial score (nSPS) is 15.1. The lowest BCUT2D eigenvalue weighted by molar-refractivity contribution is -0.334. The Morgan fingerprint density at radius 2 is 0.821 bits per heavy atom. The summed E-state index contributed by atoms with van der Waals surface area (Å²) in [6.07, 6.45) is 20.0. The molecule has 4 heteroatoms. The molecule has 0 rings (SSSR count). The van der Waals surface area contributed by atoms with E-state index in [0.29, 0.717) is 23.7 Å². The fourth-order valence-corrected chi connectivity index (χ4v) is 5.71. The fraction of sp³-hybridized carbons (Fsp3) is 0.914. The third-order valence-electron chi connectivity index (χ3n) is 8.96. The van der Waals surface area contributed by atoms with Crippen LogP contribution in [0.1, 0.15) is 158 Å². The van der Waals surface area contributed by atoms with Crippen molar-refractivity contribution in [3.8, 4) is 0 Å². The van der Waals surface area contributed by atoms with Crippen molar-refractivity contribution in [1.29, 1.82) is 0 Å². The summed E-state index contributed by atoms with van der Waals surface area (Å²) in [7, 11) is 0. The summed E-state index contributed by atoms with van der Waals surface area (Å²) in [6.45, 7) is 21.1. The Hall–Kier alpha value is -1.19. The summed E-state index contributed by atoms with van der Waals surface area (Å²) in [5.41, 5.74) is 0. The molecule has 0 aliphatic rings. The first-order valence-electron chi connectivity index (χ1n) is 17.3. The van der Waals surface area contributed by atoms with E-state index in [1.54, 1.807) is 0 Å². The molecule has 0 spiro atoms. The zero-order chi connectivity index (χ0) is 29.5. The van der Waals surface area contributed by atoms with Crippen molar-refractivity contribution < 1.29 is 9.90 Å². The molecule has 0 fully saturated rings. The van der Waals surface area contributed by atoms with Crippen molar-refractivity contribution in [1.82, 2.24) is 9.80 Å². The Bertz CT molecular complexity index is 569. The second kappa shape index (κ2) is 24.6. The van der Waals surface area contributed by atoms with Gasteiger partial charge in [-0.05, 0) is 55.2 Å². The Labute approximate surface area is 245 Å². The topological polar surface area (TPSA) is 46.6 Å². The van der Waals surface area contributed by atoms with E-state index in [-0.39, 0.29) is 11.8 Å². The highest BCUT2D eigenvalue weighted by Crippen LogP contribution is 2.22. The molecule has 0 bridgehead atoms. The van der Waals surface area contributed by atoms with E-state index in [2.05, 4.69) is 55.4 Å². The minimum absolute atomic E-state index is 0.0573. The number of carbonyl (C=O) groups is 1. The average Bonchev–Trinajstić information content (AvgIpc) is 2.95. The van der Waals surface area contributed by atoms with Crippen LogP contribution < -0.4 is 5.11 Å². The van der Waals surface area contributed by atoms with Crippen molar-refractivity contribution in [2.45, 2.75) is 158 Å². The summed E-state index contributed by atoms with van der Waals surface area (Å²) in [4.78, 5) is 17.9.